The van der Waals surface area contributed by atoms with Gasteiger partial charge in [-0.1, -0.05) is 18.2 Å². The molecule has 2 aromatic heterocycles. The lowest BCUT2D eigenvalue weighted by Crippen LogP contribution is -2.15. The number of carbonyl (C=O) groups is 2. The van der Waals surface area contributed by atoms with E-state index in [4.69, 9.17) is 5.11 Å². The number of para-hydroxylation sites is 1. The van der Waals surface area contributed by atoms with Gasteiger partial charge in [0.05, 0.1) is 11.3 Å². The van der Waals surface area contributed by atoms with E-state index >= 15 is 0 Å². The van der Waals surface area contributed by atoms with E-state index in [0.717, 1.165) is 24.4 Å². The lowest BCUT2D eigenvalue weighted by atomic mass is 10.3. The normalized spacial score (nSPS) is 13.4. The Morgan fingerprint density at radius 3 is 2.50 bits per heavy atom. The van der Waals surface area contributed by atoms with Crippen molar-refractivity contribution in [2.75, 3.05) is 5.32 Å². The number of anilines is 1. The molecule has 0 aliphatic heterocycles. The predicted molar refractivity (Wildman–Crippen MR) is 92.5 cm³/mol. The Balaban J connectivity index is 1.59. The first-order valence-electron chi connectivity index (χ1n) is 8.15. The highest BCUT2D eigenvalue weighted by Crippen LogP contribution is 2.39. The highest BCUT2D eigenvalue weighted by Gasteiger charge is 2.31. The second-order valence-electron chi connectivity index (χ2n) is 6.01. The summed E-state index contributed by atoms with van der Waals surface area (Å²) in [4.78, 5) is 31.7. The van der Waals surface area contributed by atoms with Crippen molar-refractivity contribution in [3.63, 3.8) is 0 Å². The van der Waals surface area contributed by atoms with Gasteiger partial charge in [-0.3, -0.25) is 4.79 Å². The lowest BCUT2D eigenvalue weighted by Gasteiger charge is -2.03. The third-order valence-corrected chi connectivity index (χ3v) is 4.03. The molecule has 26 heavy (non-hydrogen) atoms. The van der Waals surface area contributed by atoms with Crippen LogP contribution in [-0.2, 0) is 0 Å². The highest BCUT2D eigenvalue weighted by molar-refractivity contribution is 6.01. The Kier molecular flexibility index (Phi) is 3.92. The largest absolute Gasteiger partial charge is 0.478 e. The summed E-state index contributed by atoms with van der Waals surface area (Å²) in [6.45, 7) is 0. The number of pyridine rings is 1. The summed E-state index contributed by atoms with van der Waals surface area (Å²) in [5.74, 6) is -0.179. The van der Waals surface area contributed by atoms with Crippen LogP contribution in [0.2, 0.25) is 0 Å². The molecule has 0 bridgehead atoms. The van der Waals surface area contributed by atoms with Crippen molar-refractivity contribution in [3.8, 4) is 5.69 Å². The molecule has 0 spiro atoms. The fourth-order valence-electron chi connectivity index (χ4n) is 2.55. The van der Waals surface area contributed by atoms with Crippen LogP contribution in [0.25, 0.3) is 5.69 Å². The number of aromatic carboxylic acids is 1. The second-order valence-corrected chi connectivity index (χ2v) is 6.01. The van der Waals surface area contributed by atoms with Crippen LogP contribution in [-0.4, -0.2) is 36.7 Å². The Morgan fingerprint density at radius 1 is 1.12 bits per heavy atom. The monoisotopic (exact) mass is 349 g/mol. The molecule has 1 aliphatic carbocycles. The number of hydrogen-bond donors (Lipinski definition) is 2. The quantitative estimate of drug-likeness (QED) is 0.732. The van der Waals surface area contributed by atoms with Crippen molar-refractivity contribution < 1.29 is 14.7 Å². The molecule has 8 nitrogen and oxygen atoms in total. The first kappa shape index (κ1) is 15.9. The van der Waals surface area contributed by atoms with Crippen molar-refractivity contribution >= 4 is 17.7 Å². The number of rotatable bonds is 5. The van der Waals surface area contributed by atoms with Crippen LogP contribution in [0, 0.1) is 0 Å². The SMILES string of the molecule is O=C(O)c1ccc(NC(=O)c2nc(C3CC3)n(-c3ccccc3)n2)nc1. The van der Waals surface area contributed by atoms with E-state index in [9.17, 15) is 9.59 Å². The fourth-order valence-corrected chi connectivity index (χ4v) is 2.55. The van der Waals surface area contributed by atoms with Gasteiger partial charge in [0.15, 0.2) is 0 Å². The Bertz CT molecular complexity index is 962. The summed E-state index contributed by atoms with van der Waals surface area (Å²) >= 11 is 0. The summed E-state index contributed by atoms with van der Waals surface area (Å²) in [5.41, 5.74) is 0.899. The molecule has 1 aromatic carbocycles. The molecular formula is C18H15N5O3. The molecule has 1 saturated carbocycles. The van der Waals surface area contributed by atoms with E-state index in [1.165, 1.54) is 18.3 Å². The number of benzene rings is 1. The maximum Gasteiger partial charge on any atom is 0.337 e. The van der Waals surface area contributed by atoms with Crippen molar-refractivity contribution in [1.29, 1.82) is 0 Å². The van der Waals surface area contributed by atoms with Crippen LogP contribution in [0.3, 0.4) is 0 Å². The second kappa shape index (κ2) is 6.40. The smallest absolute Gasteiger partial charge is 0.337 e. The van der Waals surface area contributed by atoms with Gasteiger partial charge in [0.2, 0.25) is 5.82 Å². The van der Waals surface area contributed by atoms with Crippen molar-refractivity contribution in [2.45, 2.75) is 18.8 Å². The minimum atomic E-state index is -1.08. The minimum absolute atomic E-state index is 0.0468. The summed E-state index contributed by atoms with van der Waals surface area (Å²) in [7, 11) is 0. The van der Waals surface area contributed by atoms with Crippen molar-refractivity contribution in [3.05, 3.63) is 65.9 Å². The topological polar surface area (TPSA) is 110 Å². The van der Waals surface area contributed by atoms with Crippen LogP contribution in [0.15, 0.2) is 48.7 Å². The van der Waals surface area contributed by atoms with E-state index in [1.807, 2.05) is 30.3 Å². The number of nitrogens with zero attached hydrogens (tertiary/aromatic N) is 4. The van der Waals surface area contributed by atoms with Crippen LogP contribution in [0.5, 0.6) is 0 Å². The molecule has 0 unspecified atom stereocenters. The van der Waals surface area contributed by atoms with Crippen molar-refractivity contribution in [1.82, 2.24) is 19.7 Å². The standard InChI is InChI=1S/C18H15N5O3/c24-17(20-14-9-8-12(10-19-14)18(25)26)15-21-16(11-6-7-11)23(22-15)13-4-2-1-3-5-13/h1-5,8-11H,6-7H2,(H,25,26)(H,19,20,24). The molecule has 2 N–H and O–H groups in total. The first-order valence-corrected chi connectivity index (χ1v) is 8.15. The number of amides is 1. The number of carboxylic acids is 1. The zero-order valence-electron chi connectivity index (χ0n) is 13.7. The Hall–Kier alpha value is -3.55. The zero-order valence-corrected chi connectivity index (χ0v) is 13.7. The van der Waals surface area contributed by atoms with Crippen LogP contribution in [0.1, 0.15) is 45.6 Å². The molecule has 130 valence electrons. The van der Waals surface area contributed by atoms with Crippen LogP contribution in [0.4, 0.5) is 5.82 Å². The summed E-state index contributed by atoms with van der Waals surface area (Å²) in [6.07, 6.45) is 3.25. The maximum atomic E-state index is 12.5. The van der Waals surface area contributed by atoms with Crippen LogP contribution >= 0.6 is 0 Å². The molecule has 0 atom stereocenters. The summed E-state index contributed by atoms with van der Waals surface area (Å²) in [5, 5.41) is 15.8. The molecule has 1 aliphatic rings. The molecule has 2 heterocycles. The van der Waals surface area contributed by atoms with Gasteiger partial charge < -0.3 is 10.4 Å². The molecule has 0 radical (unpaired) electrons. The molecule has 3 aromatic rings. The number of hydrogen-bond acceptors (Lipinski definition) is 5. The van der Waals surface area contributed by atoms with E-state index < -0.39 is 11.9 Å². The van der Waals surface area contributed by atoms with E-state index in [1.54, 1.807) is 4.68 Å². The number of aromatic nitrogens is 4. The van der Waals surface area contributed by atoms with Gasteiger partial charge in [-0.15, -0.1) is 5.10 Å². The summed E-state index contributed by atoms with van der Waals surface area (Å²) < 4.78 is 1.70. The molecular weight excluding hydrogens is 334 g/mol. The van der Waals surface area contributed by atoms with Gasteiger partial charge in [-0.2, -0.15) is 0 Å². The number of carbonyl (C=O) groups excluding carboxylic acids is 1. The minimum Gasteiger partial charge on any atom is -0.478 e. The molecule has 8 heteroatoms. The molecule has 1 amide bonds. The van der Waals surface area contributed by atoms with E-state index in [-0.39, 0.29) is 17.2 Å². The van der Waals surface area contributed by atoms with Crippen LogP contribution < -0.4 is 5.32 Å². The van der Waals surface area contributed by atoms with E-state index in [0.29, 0.717) is 5.92 Å². The maximum absolute atomic E-state index is 12.5. The first-order chi connectivity index (χ1) is 12.6. The zero-order chi connectivity index (χ0) is 18.1. The van der Waals surface area contributed by atoms with Gasteiger partial charge >= 0.3 is 5.97 Å². The number of carboxylic acid groups (broad SMARTS) is 1. The van der Waals surface area contributed by atoms with Gasteiger partial charge in [0.25, 0.3) is 5.91 Å². The average molecular weight is 349 g/mol. The summed E-state index contributed by atoms with van der Waals surface area (Å²) in [6, 6.07) is 12.3. The third kappa shape index (κ3) is 3.16. The fraction of sp³-hybridized carbons (Fsp3) is 0.167. The molecule has 0 saturated heterocycles. The van der Waals surface area contributed by atoms with Gasteiger partial charge in [-0.25, -0.2) is 19.4 Å². The Labute approximate surface area is 148 Å². The highest BCUT2D eigenvalue weighted by atomic mass is 16.4. The Morgan fingerprint density at radius 2 is 1.88 bits per heavy atom. The third-order valence-electron chi connectivity index (χ3n) is 4.03. The van der Waals surface area contributed by atoms with E-state index in [2.05, 4.69) is 20.4 Å². The van der Waals surface area contributed by atoms with Gasteiger partial charge in [0, 0.05) is 12.1 Å². The predicted octanol–water partition coefficient (Wildman–Crippen LogP) is 2.49. The molecule has 4 rings (SSSR count). The molecule has 1 fully saturated rings. The number of nitrogens with one attached hydrogen (secondary N) is 1. The lowest BCUT2D eigenvalue weighted by molar-refractivity contribution is 0.0696. The van der Waals surface area contributed by atoms with Gasteiger partial charge in [-0.05, 0) is 37.1 Å². The van der Waals surface area contributed by atoms with Crippen molar-refractivity contribution in [2.24, 2.45) is 0 Å². The van der Waals surface area contributed by atoms with Gasteiger partial charge in [0.1, 0.15) is 11.6 Å². The average Bonchev–Trinajstić information content (AvgIpc) is 3.41.